The number of carboxylic acid groups (broad SMARTS) is 1. The number of hydrogen-bond acceptors (Lipinski definition) is 4. The molecule has 29 heavy (non-hydrogen) atoms. The Bertz CT molecular complexity index is 1000. The second-order valence-corrected chi connectivity index (χ2v) is 7.52. The maximum absolute atomic E-state index is 11.2. The van der Waals surface area contributed by atoms with Crippen LogP contribution >= 0.6 is 0 Å². The number of nitrogens with zero attached hydrogens (tertiary/aromatic N) is 2. The van der Waals surface area contributed by atoms with Crippen LogP contribution in [0, 0.1) is 6.92 Å². The van der Waals surface area contributed by atoms with Crippen LogP contribution in [0.4, 0.5) is 5.69 Å². The van der Waals surface area contributed by atoms with Gasteiger partial charge >= 0.3 is 5.97 Å². The van der Waals surface area contributed by atoms with Crippen LogP contribution in [0.5, 0.6) is 5.75 Å². The normalized spacial score (nSPS) is 16.0. The first-order chi connectivity index (χ1) is 14.1. The van der Waals surface area contributed by atoms with Gasteiger partial charge < -0.3 is 14.7 Å². The molecule has 0 spiro atoms. The Morgan fingerprint density at radius 1 is 1.17 bits per heavy atom. The van der Waals surface area contributed by atoms with Crippen molar-refractivity contribution in [3.63, 3.8) is 0 Å². The lowest BCUT2D eigenvalue weighted by Crippen LogP contribution is -2.19. The minimum atomic E-state index is -0.885. The number of rotatable bonds is 6. The molecule has 1 N–H and O–H groups in total. The van der Waals surface area contributed by atoms with Crippen molar-refractivity contribution in [2.45, 2.75) is 25.9 Å². The van der Waals surface area contributed by atoms with E-state index in [9.17, 15) is 9.90 Å². The van der Waals surface area contributed by atoms with Crippen LogP contribution in [0.15, 0.2) is 67.0 Å². The summed E-state index contributed by atoms with van der Waals surface area (Å²) in [4.78, 5) is 17.9. The van der Waals surface area contributed by atoms with Crippen LogP contribution in [0.25, 0.3) is 0 Å². The largest absolute Gasteiger partial charge is 0.487 e. The summed E-state index contributed by atoms with van der Waals surface area (Å²) in [6.45, 7) is 4.33. The summed E-state index contributed by atoms with van der Waals surface area (Å²) in [5.41, 5.74) is 4.81. The SMILES string of the molecule is Cc1ccc(COc2cncc(N3CCC(c4cccc(C(=O)O)c4)C3)c2)cc1. The zero-order chi connectivity index (χ0) is 20.2. The first-order valence-corrected chi connectivity index (χ1v) is 9.80. The van der Waals surface area contributed by atoms with Gasteiger partial charge in [-0.05, 0) is 36.6 Å². The maximum Gasteiger partial charge on any atom is 0.335 e. The summed E-state index contributed by atoms with van der Waals surface area (Å²) in [5, 5.41) is 9.23. The van der Waals surface area contributed by atoms with Gasteiger partial charge in [0.15, 0.2) is 0 Å². The van der Waals surface area contributed by atoms with E-state index in [4.69, 9.17) is 4.74 Å². The van der Waals surface area contributed by atoms with Crippen LogP contribution < -0.4 is 9.64 Å². The van der Waals surface area contributed by atoms with Gasteiger partial charge in [-0.3, -0.25) is 4.98 Å². The number of carboxylic acids is 1. The van der Waals surface area contributed by atoms with Crippen LogP contribution in [0.3, 0.4) is 0 Å². The highest BCUT2D eigenvalue weighted by molar-refractivity contribution is 5.87. The highest BCUT2D eigenvalue weighted by Gasteiger charge is 2.25. The van der Waals surface area contributed by atoms with Gasteiger partial charge in [-0.1, -0.05) is 42.0 Å². The van der Waals surface area contributed by atoms with Gasteiger partial charge in [-0.2, -0.15) is 0 Å². The molecule has 4 rings (SSSR count). The molecule has 2 aromatic carbocycles. The first kappa shape index (κ1) is 19.0. The molecular weight excluding hydrogens is 364 g/mol. The minimum absolute atomic E-state index is 0.312. The summed E-state index contributed by atoms with van der Waals surface area (Å²) in [6, 6.07) is 17.6. The summed E-state index contributed by atoms with van der Waals surface area (Å²) < 4.78 is 5.93. The number of anilines is 1. The molecular formula is C24H24N2O3. The molecule has 0 bridgehead atoms. The lowest BCUT2D eigenvalue weighted by molar-refractivity contribution is 0.0696. The van der Waals surface area contributed by atoms with Crippen molar-refractivity contribution in [2.24, 2.45) is 0 Å². The third kappa shape index (κ3) is 4.57. The fourth-order valence-electron chi connectivity index (χ4n) is 3.70. The molecule has 5 nitrogen and oxygen atoms in total. The second-order valence-electron chi connectivity index (χ2n) is 7.52. The Kier molecular flexibility index (Phi) is 5.47. The molecule has 0 saturated carbocycles. The molecule has 3 aromatic rings. The fraction of sp³-hybridized carbons (Fsp3) is 0.250. The molecule has 0 amide bonds. The monoisotopic (exact) mass is 388 g/mol. The van der Waals surface area contributed by atoms with Crippen LogP contribution in [0.1, 0.15) is 39.4 Å². The molecule has 1 saturated heterocycles. The van der Waals surface area contributed by atoms with Gasteiger partial charge in [-0.15, -0.1) is 0 Å². The quantitative estimate of drug-likeness (QED) is 0.665. The number of hydrogen-bond donors (Lipinski definition) is 1. The molecule has 0 radical (unpaired) electrons. The summed E-state index contributed by atoms with van der Waals surface area (Å²) in [6.07, 6.45) is 4.58. The van der Waals surface area contributed by atoms with Crippen molar-refractivity contribution < 1.29 is 14.6 Å². The van der Waals surface area contributed by atoms with Crippen molar-refractivity contribution in [3.05, 3.63) is 89.2 Å². The highest BCUT2D eigenvalue weighted by atomic mass is 16.5. The summed E-state index contributed by atoms with van der Waals surface area (Å²) in [7, 11) is 0. The molecule has 5 heteroatoms. The van der Waals surface area contributed by atoms with E-state index in [2.05, 4.69) is 41.1 Å². The highest BCUT2D eigenvalue weighted by Crippen LogP contribution is 2.32. The van der Waals surface area contributed by atoms with Gasteiger partial charge in [0.05, 0.1) is 23.6 Å². The van der Waals surface area contributed by atoms with E-state index in [1.165, 1.54) is 5.56 Å². The fourth-order valence-corrected chi connectivity index (χ4v) is 3.70. The molecule has 1 unspecified atom stereocenters. The Balaban J connectivity index is 1.41. The summed E-state index contributed by atoms with van der Waals surface area (Å²) in [5.74, 6) is 0.176. The van der Waals surface area contributed by atoms with Gasteiger partial charge in [0.1, 0.15) is 12.4 Å². The Hall–Kier alpha value is -3.34. The van der Waals surface area contributed by atoms with Crippen molar-refractivity contribution in [1.82, 2.24) is 4.98 Å². The predicted molar refractivity (Wildman–Crippen MR) is 113 cm³/mol. The van der Waals surface area contributed by atoms with Gasteiger partial charge in [0.2, 0.25) is 0 Å². The summed E-state index contributed by atoms with van der Waals surface area (Å²) >= 11 is 0. The number of aromatic carboxylic acids is 1. The molecule has 1 fully saturated rings. The Labute approximate surface area is 170 Å². The van der Waals surface area contributed by atoms with Gasteiger partial charge in [-0.25, -0.2) is 4.79 Å². The smallest absolute Gasteiger partial charge is 0.335 e. The zero-order valence-corrected chi connectivity index (χ0v) is 16.4. The Morgan fingerprint density at radius 2 is 2.00 bits per heavy atom. The molecule has 148 valence electrons. The minimum Gasteiger partial charge on any atom is -0.487 e. The van der Waals surface area contributed by atoms with Crippen LogP contribution in [0.2, 0.25) is 0 Å². The average Bonchev–Trinajstić information content (AvgIpc) is 3.24. The van der Waals surface area contributed by atoms with E-state index < -0.39 is 5.97 Å². The Morgan fingerprint density at radius 3 is 2.79 bits per heavy atom. The van der Waals surface area contributed by atoms with Crippen molar-refractivity contribution in [3.8, 4) is 5.75 Å². The van der Waals surface area contributed by atoms with E-state index in [0.717, 1.165) is 42.1 Å². The number of benzene rings is 2. The van der Waals surface area contributed by atoms with E-state index in [1.54, 1.807) is 18.3 Å². The number of pyridine rings is 1. The van der Waals surface area contributed by atoms with Gasteiger partial charge in [0, 0.05) is 25.1 Å². The average molecular weight is 388 g/mol. The first-order valence-electron chi connectivity index (χ1n) is 9.80. The van der Waals surface area contributed by atoms with E-state index in [-0.39, 0.29) is 0 Å². The molecule has 0 aliphatic carbocycles. The predicted octanol–water partition coefficient (Wildman–Crippen LogP) is 4.66. The third-order valence-corrected chi connectivity index (χ3v) is 5.38. The number of aromatic nitrogens is 1. The van der Waals surface area contributed by atoms with Crippen molar-refractivity contribution >= 4 is 11.7 Å². The molecule has 1 aromatic heterocycles. The molecule has 1 atom stereocenters. The third-order valence-electron chi connectivity index (χ3n) is 5.38. The number of aryl methyl sites for hydroxylation is 1. The second kappa shape index (κ2) is 8.35. The van der Waals surface area contributed by atoms with Crippen LogP contribution in [-0.2, 0) is 6.61 Å². The van der Waals surface area contributed by atoms with Crippen LogP contribution in [-0.4, -0.2) is 29.1 Å². The van der Waals surface area contributed by atoms with E-state index in [1.807, 2.05) is 24.4 Å². The number of carbonyl (C=O) groups is 1. The molecule has 2 heterocycles. The van der Waals surface area contributed by atoms with Crippen molar-refractivity contribution in [1.29, 1.82) is 0 Å². The standard InChI is InChI=1S/C24H24N2O3/c1-17-5-7-18(8-6-17)16-29-23-12-22(13-25-14-23)26-10-9-21(15-26)19-3-2-4-20(11-19)24(27)28/h2-8,11-14,21H,9-10,15-16H2,1H3,(H,27,28). The van der Waals surface area contributed by atoms with E-state index >= 15 is 0 Å². The lowest BCUT2D eigenvalue weighted by atomic mass is 9.97. The molecule has 1 aliphatic heterocycles. The molecule has 1 aliphatic rings. The number of ether oxygens (including phenoxy) is 1. The maximum atomic E-state index is 11.2. The lowest BCUT2D eigenvalue weighted by Gasteiger charge is -2.19. The van der Waals surface area contributed by atoms with Crippen molar-refractivity contribution in [2.75, 3.05) is 18.0 Å². The van der Waals surface area contributed by atoms with Gasteiger partial charge in [0.25, 0.3) is 0 Å². The zero-order valence-electron chi connectivity index (χ0n) is 16.4. The topological polar surface area (TPSA) is 62.7 Å². The van der Waals surface area contributed by atoms with E-state index in [0.29, 0.717) is 18.1 Å².